The average molecular weight is 511 g/mol. The lowest BCUT2D eigenvalue weighted by atomic mass is 10.3. The smallest absolute Gasteiger partial charge is 0.0701 e. The van der Waals surface area contributed by atoms with Crippen LogP contribution in [0, 0.1) is 0 Å². The Morgan fingerprint density at radius 2 is 0.400 bits per heavy atom. The molecule has 0 aromatic carbocycles. The fraction of sp³-hybridized carbons (Fsp3) is 1.00. The topological polar surface area (TPSA) is 83.1 Å². The maximum atomic E-state index is 5.47. The first-order valence-corrected chi connectivity index (χ1v) is 13.6. The van der Waals surface area contributed by atoms with Gasteiger partial charge in [-0.15, -0.1) is 0 Å². The van der Waals surface area contributed by atoms with Crippen LogP contribution < -0.4 is 0 Å². The molecule has 0 saturated carbocycles. The monoisotopic (exact) mass is 510 g/mol. The number of hydrogen-bond acceptors (Lipinski definition) is 9. The minimum Gasteiger partial charge on any atom is -0.379 e. The number of ether oxygens (including phenoxy) is 9. The Morgan fingerprint density at radius 1 is 0.229 bits per heavy atom. The van der Waals surface area contributed by atoms with Gasteiger partial charge < -0.3 is 42.6 Å². The zero-order valence-electron chi connectivity index (χ0n) is 22.6. The predicted molar refractivity (Wildman–Crippen MR) is 136 cm³/mol. The van der Waals surface area contributed by atoms with Crippen molar-refractivity contribution in [2.45, 2.75) is 52.4 Å². The lowest BCUT2D eigenvalue weighted by Crippen LogP contribution is -2.15. The first kappa shape index (κ1) is 34.6. The van der Waals surface area contributed by atoms with Gasteiger partial charge in [-0.2, -0.15) is 0 Å². The van der Waals surface area contributed by atoms with Gasteiger partial charge in [0.25, 0.3) is 0 Å². The summed E-state index contributed by atoms with van der Waals surface area (Å²) in [5, 5.41) is 0. The summed E-state index contributed by atoms with van der Waals surface area (Å²) < 4.78 is 49.2. The van der Waals surface area contributed by atoms with E-state index in [4.69, 9.17) is 42.6 Å². The molecule has 0 rings (SSSR count). The average Bonchev–Trinajstić information content (AvgIpc) is 2.87. The second-order valence-corrected chi connectivity index (χ2v) is 7.93. The predicted octanol–water partition coefficient (Wildman–Crippen LogP) is 3.52. The van der Waals surface area contributed by atoms with Crippen LogP contribution in [-0.4, -0.2) is 119 Å². The van der Waals surface area contributed by atoms with Crippen molar-refractivity contribution < 1.29 is 42.6 Å². The maximum absolute atomic E-state index is 5.47. The van der Waals surface area contributed by atoms with Crippen LogP contribution >= 0.6 is 0 Å². The molecule has 0 atom stereocenters. The van der Waals surface area contributed by atoms with Gasteiger partial charge >= 0.3 is 0 Å². The van der Waals surface area contributed by atoms with Crippen molar-refractivity contribution in [1.29, 1.82) is 0 Å². The highest BCUT2D eigenvalue weighted by molar-refractivity contribution is 4.40. The molecule has 0 aliphatic carbocycles. The number of unbranched alkanes of at least 4 members (excludes halogenated alkanes) is 4. The van der Waals surface area contributed by atoms with Gasteiger partial charge in [0.05, 0.1) is 106 Å². The Bertz CT molecular complexity index is 330. The quantitative estimate of drug-likeness (QED) is 0.126. The van der Waals surface area contributed by atoms with Crippen LogP contribution in [-0.2, 0) is 42.6 Å². The fourth-order valence-corrected chi connectivity index (χ4v) is 2.77. The largest absolute Gasteiger partial charge is 0.379 e. The molecule has 0 N–H and O–H groups in total. The molecular formula is C26H54O9. The second kappa shape index (κ2) is 33.6. The summed E-state index contributed by atoms with van der Waals surface area (Å²) in [5.41, 5.74) is 0. The van der Waals surface area contributed by atoms with Gasteiger partial charge in [0.1, 0.15) is 0 Å². The summed E-state index contributed by atoms with van der Waals surface area (Å²) in [6.45, 7) is 15.2. The Labute approximate surface area is 214 Å². The molecule has 0 heterocycles. The zero-order chi connectivity index (χ0) is 25.3. The highest BCUT2D eigenvalue weighted by Crippen LogP contribution is 1.94. The molecule has 35 heavy (non-hydrogen) atoms. The van der Waals surface area contributed by atoms with Gasteiger partial charge in [0, 0.05) is 13.2 Å². The third-order valence-corrected chi connectivity index (χ3v) is 4.76. The van der Waals surface area contributed by atoms with Gasteiger partial charge in [0.15, 0.2) is 0 Å². The van der Waals surface area contributed by atoms with E-state index in [2.05, 4.69) is 13.8 Å². The molecule has 0 saturated heterocycles. The van der Waals surface area contributed by atoms with E-state index in [-0.39, 0.29) is 0 Å². The van der Waals surface area contributed by atoms with E-state index in [0.717, 1.165) is 26.1 Å². The fourth-order valence-electron chi connectivity index (χ4n) is 2.77. The van der Waals surface area contributed by atoms with Crippen LogP contribution in [0.25, 0.3) is 0 Å². The maximum Gasteiger partial charge on any atom is 0.0701 e. The number of hydrogen-bond donors (Lipinski definition) is 0. The van der Waals surface area contributed by atoms with Crippen molar-refractivity contribution in [1.82, 2.24) is 0 Å². The third kappa shape index (κ3) is 33.6. The van der Waals surface area contributed by atoms with E-state index >= 15 is 0 Å². The Balaban J connectivity index is 3.00. The molecule has 0 radical (unpaired) electrons. The second-order valence-electron chi connectivity index (χ2n) is 7.93. The zero-order valence-corrected chi connectivity index (χ0v) is 22.6. The molecule has 0 aromatic rings. The minimum atomic E-state index is 0.543. The Hall–Kier alpha value is -0.360. The van der Waals surface area contributed by atoms with Gasteiger partial charge in [-0.3, -0.25) is 0 Å². The summed E-state index contributed by atoms with van der Waals surface area (Å²) >= 11 is 0. The normalized spacial score (nSPS) is 11.5. The van der Waals surface area contributed by atoms with Crippen LogP contribution in [0.5, 0.6) is 0 Å². The first-order valence-electron chi connectivity index (χ1n) is 13.6. The van der Waals surface area contributed by atoms with E-state index < -0.39 is 0 Å². The molecule has 0 spiro atoms. The molecule has 0 aromatic heterocycles. The van der Waals surface area contributed by atoms with E-state index in [9.17, 15) is 0 Å². The molecule has 0 aliphatic rings. The van der Waals surface area contributed by atoms with Crippen molar-refractivity contribution >= 4 is 0 Å². The van der Waals surface area contributed by atoms with Crippen molar-refractivity contribution in [3.05, 3.63) is 0 Å². The molecule has 9 nitrogen and oxygen atoms in total. The molecule has 212 valence electrons. The van der Waals surface area contributed by atoms with Crippen LogP contribution in [0.15, 0.2) is 0 Å². The van der Waals surface area contributed by atoms with Crippen LogP contribution in [0.2, 0.25) is 0 Å². The Kier molecular flexibility index (Phi) is 33.3. The molecule has 0 amide bonds. The lowest BCUT2D eigenvalue weighted by molar-refractivity contribution is -0.0250. The Morgan fingerprint density at radius 3 is 0.571 bits per heavy atom. The van der Waals surface area contributed by atoms with Crippen molar-refractivity contribution in [2.24, 2.45) is 0 Å². The SMILES string of the molecule is CCCCCOCCOCCOCCOCCOCCOCCOCCOCCOCCCCC. The van der Waals surface area contributed by atoms with Crippen LogP contribution in [0.3, 0.4) is 0 Å². The minimum absolute atomic E-state index is 0.543. The van der Waals surface area contributed by atoms with Crippen LogP contribution in [0.4, 0.5) is 0 Å². The highest BCUT2D eigenvalue weighted by atomic mass is 16.6. The molecule has 0 fully saturated rings. The van der Waals surface area contributed by atoms with Gasteiger partial charge in [-0.25, -0.2) is 0 Å². The van der Waals surface area contributed by atoms with Crippen molar-refractivity contribution in [3.63, 3.8) is 0 Å². The summed E-state index contributed by atoms with van der Waals surface area (Å²) in [4.78, 5) is 0. The summed E-state index contributed by atoms with van der Waals surface area (Å²) in [6.07, 6.45) is 7.13. The summed E-state index contributed by atoms with van der Waals surface area (Å²) in [6, 6.07) is 0. The van der Waals surface area contributed by atoms with E-state index in [1.54, 1.807) is 0 Å². The van der Waals surface area contributed by atoms with Crippen LogP contribution in [0.1, 0.15) is 52.4 Å². The summed E-state index contributed by atoms with van der Waals surface area (Å²) in [7, 11) is 0. The molecule has 0 aliphatic heterocycles. The molecule has 9 heteroatoms. The van der Waals surface area contributed by atoms with Crippen molar-refractivity contribution in [3.8, 4) is 0 Å². The highest BCUT2D eigenvalue weighted by Gasteiger charge is 1.95. The summed E-state index contributed by atoms with van der Waals surface area (Å²) in [5.74, 6) is 0. The van der Waals surface area contributed by atoms with E-state index in [0.29, 0.717) is 106 Å². The third-order valence-electron chi connectivity index (χ3n) is 4.76. The molecular weight excluding hydrogens is 456 g/mol. The molecule has 0 bridgehead atoms. The van der Waals surface area contributed by atoms with Crippen molar-refractivity contribution in [2.75, 3.05) is 119 Å². The number of rotatable bonds is 32. The standard InChI is InChI=1S/C26H54O9/c1-3-5-7-9-27-11-13-29-15-17-31-19-21-33-23-25-35-26-24-34-22-20-32-18-16-30-14-12-28-10-8-6-4-2/h3-26H2,1-2H3. The lowest BCUT2D eigenvalue weighted by Gasteiger charge is -2.09. The first-order chi connectivity index (χ1) is 17.4. The van der Waals surface area contributed by atoms with E-state index in [1.807, 2.05) is 0 Å². The van der Waals surface area contributed by atoms with Gasteiger partial charge in [-0.05, 0) is 12.8 Å². The van der Waals surface area contributed by atoms with Gasteiger partial charge in [0.2, 0.25) is 0 Å². The van der Waals surface area contributed by atoms with E-state index in [1.165, 1.54) is 25.7 Å². The molecule has 0 unspecified atom stereocenters. The van der Waals surface area contributed by atoms with Gasteiger partial charge in [-0.1, -0.05) is 39.5 Å².